The van der Waals surface area contributed by atoms with Crippen molar-refractivity contribution in [3.05, 3.63) is 16.1 Å². The molecule has 4 heteroatoms. The average Bonchev–Trinajstić information content (AvgIpc) is 2.56. The van der Waals surface area contributed by atoms with Crippen molar-refractivity contribution in [3.8, 4) is 0 Å². The van der Waals surface area contributed by atoms with E-state index in [2.05, 4.69) is 4.98 Å². The van der Waals surface area contributed by atoms with Gasteiger partial charge in [0.15, 0.2) is 5.78 Å². The van der Waals surface area contributed by atoms with Gasteiger partial charge in [-0.2, -0.15) is 0 Å². The fourth-order valence-corrected chi connectivity index (χ4v) is 2.88. The third-order valence-electron chi connectivity index (χ3n) is 3.13. The second-order valence-corrected chi connectivity index (χ2v) is 5.07. The number of hydrogen-bond acceptors (Lipinski definition) is 4. The Bertz CT molecular complexity index is 377. The average molecular weight is 209 g/mol. The lowest BCUT2D eigenvalue weighted by Gasteiger charge is -2.00. The number of rotatable bonds is 2. The molecule has 74 valence electrons. The maximum absolute atomic E-state index is 11.9. The lowest BCUT2D eigenvalue weighted by Crippen LogP contribution is -2.10. The molecule has 0 bridgehead atoms. The molecule has 3 rings (SSSR count). The van der Waals surface area contributed by atoms with Gasteiger partial charge in [-0.25, -0.2) is 4.98 Å². The Hall–Kier alpha value is -0.740. The molecule has 14 heavy (non-hydrogen) atoms. The number of fused-ring (bicyclic) bond motifs is 1. The fraction of sp³-hybridized carbons (Fsp3) is 0.600. The molecule has 2 unspecified atom stereocenters. The lowest BCUT2D eigenvalue weighted by molar-refractivity contribution is 0.0889. The van der Waals surface area contributed by atoms with Gasteiger partial charge in [0.1, 0.15) is 5.69 Å². The Morgan fingerprint density at radius 1 is 1.57 bits per heavy atom. The second-order valence-electron chi connectivity index (χ2n) is 4.01. The summed E-state index contributed by atoms with van der Waals surface area (Å²) in [6, 6.07) is 0. The molecular weight excluding hydrogens is 198 g/mol. The molecule has 0 amide bonds. The molecule has 0 N–H and O–H groups in total. The van der Waals surface area contributed by atoms with E-state index in [4.69, 9.17) is 4.74 Å². The minimum atomic E-state index is 0.213. The van der Waals surface area contributed by atoms with E-state index in [9.17, 15) is 4.79 Å². The van der Waals surface area contributed by atoms with Gasteiger partial charge in [0.25, 0.3) is 0 Å². The number of aromatic nitrogens is 1. The third kappa shape index (κ3) is 1.14. The van der Waals surface area contributed by atoms with E-state index in [1.54, 1.807) is 11.3 Å². The summed E-state index contributed by atoms with van der Waals surface area (Å²) < 4.78 is 5.26. The summed E-state index contributed by atoms with van der Waals surface area (Å²) >= 11 is 1.54. The van der Waals surface area contributed by atoms with Crippen LogP contribution in [0.15, 0.2) is 5.38 Å². The van der Waals surface area contributed by atoms with E-state index in [1.165, 1.54) is 0 Å². The molecule has 1 aromatic rings. The van der Waals surface area contributed by atoms with Crippen LogP contribution in [-0.2, 0) is 4.74 Å². The number of ketones is 1. The summed E-state index contributed by atoms with van der Waals surface area (Å²) in [4.78, 5) is 16.1. The van der Waals surface area contributed by atoms with Crippen molar-refractivity contribution in [2.75, 3.05) is 13.2 Å². The van der Waals surface area contributed by atoms with Crippen LogP contribution in [0, 0.1) is 24.7 Å². The number of nitrogens with zero attached hydrogens (tertiary/aromatic N) is 1. The van der Waals surface area contributed by atoms with E-state index in [0.29, 0.717) is 17.5 Å². The molecule has 3 nitrogen and oxygen atoms in total. The third-order valence-corrected chi connectivity index (χ3v) is 3.90. The summed E-state index contributed by atoms with van der Waals surface area (Å²) in [7, 11) is 0. The van der Waals surface area contributed by atoms with E-state index in [0.717, 1.165) is 18.2 Å². The van der Waals surface area contributed by atoms with E-state index in [-0.39, 0.29) is 11.7 Å². The molecule has 1 aromatic heterocycles. The number of carbonyl (C=O) groups is 1. The monoisotopic (exact) mass is 209 g/mol. The van der Waals surface area contributed by atoms with Crippen molar-refractivity contribution in [3.63, 3.8) is 0 Å². The zero-order valence-electron chi connectivity index (χ0n) is 7.90. The van der Waals surface area contributed by atoms with Gasteiger partial charge in [-0.1, -0.05) is 0 Å². The number of thiazole rings is 1. The first kappa shape index (κ1) is 8.56. The smallest absolute Gasteiger partial charge is 0.185 e. The van der Waals surface area contributed by atoms with Gasteiger partial charge < -0.3 is 4.74 Å². The summed E-state index contributed by atoms with van der Waals surface area (Å²) in [5, 5.41) is 2.84. The van der Waals surface area contributed by atoms with Crippen LogP contribution in [-0.4, -0.2) is 24.0 Å². The fourth-order valence-electron chi connectivity index (χ4n) is 2.28. The zero-order chi connectivity index (χ0) is 9.71. The van der Waals surface area contributed by atoms with Crippen LogP contribution in [0.25, 0.3) is 0 Å². The zero-order valence-corrected chi connectivity index (χ0v) is 8.71. The van der Waals surface area contributed by atoms with Crippen LogP contribution >= 0.6 is 11.3 Å². The quantitative estimate of drug-likeness (QED) is 0.693. The predicted molar refractivity (Wildman–Crippen MR) is 52.5 cm³/mol. The molecule has 0 aromatic carbocycles. The number of Topliss-reactive ketones (excluding diaryl/α,β-unsaturated/α-hetero) is 1. The van der Waals surface area contributed by atoms with E-state index >= 15 is 0 Å². The van der Waals surface area contributed by atoms with Crippen LogP contribution < -0.4 is 0 Å². The van der Waals surface area contributed by atoms with E-state index in [1.807, 2.05) is 12.3 Å². The Kier molecular flexibility index (Phi) is 1.76. The number of ether oxygens (including phenoxy) is 1. The number of carbonyl (C=O) groups excluding carboxylic acids is 1. The topological polar surface area (TPSA) is 39.2 Å². The molecule has 1 aliphatic heterocycles. The molecule has 2 atom stereocenters. The highest BCUT2D eigenvalue weighted by Gasteiger charge is 2.58. The lowest BCUT2D eigenvalue weighted by atomic mass is 10.1. The highest BCUT2D eigenvalue weighted by Crippen LogP contribution is 2.52. The molecule has 2 heterocycles. The van der Waals surface area contributed by atoms with Crippen molar-refractivity contribution in [1.29, 1.82) is 0 Å². The second kappa shape index (κ2) is 2.87. The number of aryl methyl sites for hydroxylation is 1. The van der Waals surface area contributed by atoms with Crippen molar-refractivity contribution < 1.29 is 9.53 Å². The molecule has 1 aliphatic carbocycles. The van der Waals surface area contributed by atoms with Gasteiger partial charge in [0, 0.05) is 11.3 Å². The number of hydrogen-bond donors (Lipinski definition) is 0. The van der Waals surface area contributed by atoms with Crippen LogP contribution in [0.1, 0.15) is 15.5 Å². The maximum Gasteiger partial charge on any atom is 0.185 e. The molecule has 0 spiro atoms. The largest absolute Gasteiger partial charge is 0.381 e. The highest BCUT2D eigenvalue weighted by molar-refractivity contribution is 7.09. The molecule has 2 aliphatic rings. The SMILES string of the molecule is Cc1nc(C(=O)C2C3COCC32)cs1. The van der Waals surface area contributed by atoms with Crippen LogP contribution in [0.4, 0.5) is 0 Å². The van der Waals surface area contributed by atoms with Gasteiger partial charge in [-0.3, -0.25) is 4.79 Å². The normalized spacial score (nSPS) is 34.2. The first-order valence-corrected chi connectivity index (χ1v) is 5.69. The van der Waals surface area contributed by atoms with Crippen molar-refractivity contribution in [2.45, 2.75) is 6.92 Å². The van der Waals surface area contributed by atoms with Gasteiger partial charge in [-0.15, -0.1) is 11.3 Å². The van der Waals surface area contributed by atoms with Crippen molar-refractivity contribution in [1.82, 2.24) is 4.98 Å². The molecule has 1 saturated carbocycles. The van der Waals surface area contributed by atoms with Gasteiger partial charge in [0.2, 0.25) is 0 Å². The predicted octanol–water partition coefficient (Wildman–Crippen LogP) is 1.53. The Labute approximate surface area is 86.1 Å². The summed E-state index contributed by atoms with van der Waals surface area (Å²) in [6.07, 6.45) is 0. The molecule has 0 radical (unpaired) electrons. The molecular formula is C10H11NO2S. The summed E-state index contributed by atoms with van der Waals surface area (Å²) in [5.74, 6) is 1.42. The van der Waals surface area contributed by atoms with Gasteiger partial charge in [0.05, 0.1) is 18.2 Å². The van der Waals surface area contributed by atoms with Crippen LogP contribution in [0.5, 0.6) is 0 Å². The Morgan fingerprint density at radius 3 is 2.86 bits per heavy atom. The first-order chi connectivity index (χ1) is 6.77. The summed E-state index contributed by atoms with van der Waals surface area (Å²) in [5.41, 5.74) is 0.659. The standard InChI is InChI=1S/C10H11NO2S/c1-5-11-8(4-14-5)10(12)9-6-2-13-3-7(6)9/h4,6-7,9H,2-3H2,1H3. The van der Waals surface area contributed by atoms with Crippen LogP contribution in [0.3, 0.4) is 0 Å². The maximum atomic E-state index is 11.9. The Morgan fingerprint density at radius 2 is 2.29 bits per heavy atom. The highest BCUT2D eigenvalue weighted by atomic mass is 32.1. The first-order valence-electron chi connectivity index (χ1n) is 4.81. The van der Waals surface area contributed by atoms with Crippen molar-refractivity contribution in [2.24, 2.45) is 17.8 Å². The Balaban J connectivity index is 1.78. The minimum absolute atomic E-state index is 0.213. The van der Waals surface area contributed by atoms with Gasteiger partial charge in [-0.05, 0) is 18.8 Å². The molecule has 2 fully saturated rings. The summed E-state index contributed by atoms with van der Waals surface area (Å²) in [6.45, 7) is 3.46. The van der Waals surface area contributed by atoms with Gasteiger partial charge >= 0.3 is 0 Å². The van der Waals surface area contributed by atoms with Crippen LogP contribution in [0.2, 0.25) is 0 Å². The van der Waals surface area contributed by atoms with E-state index < -0.39 is 0 Å². The van der Waals surface area contributed by atoms with Crippen molar-refractivity contribution >= 4 is 17.1 Å². The molecule has 1 saturated heterocycles. The minimum Gasteiger partial charge on any atom is -0.381 e.